The molecule has 2 heterocycles. The van der Waals surface area contributed by atoms with E-state index in [0.29, 0.717) is 10.4 Å². The number of nitrogens with one attached hydrogen (secondary N) is 1. The van der Waals surface area contributed by atoms with Crippen LogP contribution in [0, 0.1) is 12.7 Å². The molecule has 4 rings (SSSR count). The van der Waals surface area contributed by atoms with Crippen molar-refractivity contribution in [3.8, 4) is 16.9 Å². The Kier molecular flexibility index (Phi) is 5.17. The Morgan fingerprint density at radius 3 is 2.72 bits per heavy atom. The maximum atomic E-state index is 15.0. The number of aryl methyl sites for hydroxylation is 1. The minimum atomic E-state index is -0.204. The lowest BCUT2D eigenvalue weighted by atomic mass is 9.91. The van der Waals surface area contributed by atoms with E-state index in [4.69, 9.17) is 4.74 Å². The lowest BCUT2D eigenvalue weighted by Crippen LogP contribution is -2.06. The molecule has 2 aromatic heterocycles. The number of H-pyrrole nitrogens is 1. The lowest BCUT2D eigenvalue weighted by Gasteiger charge is -2.17. The summed E-state index contributed by atoms with van der Waals surface area (Å²) in [4.78, 5) is 15.5. The van der Waals surface area contributed by atoms with Gasteiger partial charge in [-0.15, -0.1) is 11.3 Å². The molecule has 0 saturated carbocycles. The van der Waals surface area contributed by atoms with Crippen LogP contribution < -0.4 is 10.3 Å². The van der Waals surface area contributed by atoms with E-state index < -0.39 is 0 Å². The third-order valence-corrected chi connectivity index (χ3v) is 6.54. The van der Waals surface area contributed by atoms with Gasteiger partial charge in [0.15, 0.2) is 0 Å². The fraction of sp³-hybridized carbons (Fsp3) is 0.292. The average Bonchev–Trinajstić information content (AvgIpc) is 3.19. The number of benzene rings is 2. The van der Waals surface area contributed by atoms with Gasteiger partial charge in [0.25, 0.3) is 5.56 Å². The first-order valence-electron chi connectivity index (χ1n) is 9.86. The summed E-state index contributed by atoms with van der Waals surface area (Å²) in [5, 5.41) is 3.68. The van der Waals surface area contributed by atoms with Crippen LogP contribution in [0.25, 0.3) is 32.1 Å². The van der Waals surface area contributed by atoms with Crippen molar-refractivity contribution in [3.63, 3.8) is 0 Å². The van der Waals surface area contributed by atoms with Crippen molar-refractivity contribution in [1.82, 2.24) is 4.98 Å². The van der Waals surface area contributed by atoms with Crippen molar-refractivity contribution in [2.45, 2.75) is 39.5 Å². The van der Waals surface area contributed by atoms with Crippen LogP contribution in [-0.4, -0.2) is 12.1 Å². The van der Waals surface area contributed by atoms with E-state index >= 15 is 4.39 Å². The standard InChI is InChI=1S/C24H24FNO2S/c1-5-6-13(2)16-8-7-15(12-18(16)25)20-19(28-4)11-14(3)22-21(20)17-9-10-29-23(17)24(27)26-22/h7-13H,5-6H2,1-4H3,(H,26,27). The number of fused-ring (bicyclic) bond motifs is 3. The Morgan fingerprint density at radius 1 is 1.24 bits per heavy atom. The molecule has 1 atom stereocenters. The summed E-state index contributed by atoms with van der Waals surface area (Å²) in [6, 6.07) is 9.29. The Morgan fingerprint density at radius 2 is 2.03 bits per heavy atom. The second-order valence-corrected chi connectivity index (χ2v) is 8.48. The molecule has 0 aliphatic heterocycles. The Labute approximate surface area is 173 Å². The molecule has 2 aromatic carbocycles. The minimum Gasteiger partial charge on any atom is -0.496 e. The molecule has 0 bridgehead atoms. The number of thiophene rings is 1. The van der Waals surface area contributed by atoms with Gasteiger partial charge in [-0.1, -0.05) is 32.4 Å². The van der Waals surface area contributed by atoms with E-state index in [0.717, 1.165) is 51.4 Å². The van der Waals surface area contributed by atoms with E-state index in [1.165, 1.54) is 11.3 Å². The zero-order valence-corrected chi connectivity index (χ0v) is 17.9. The van der Waals surface area contributed by atoms with Crippen molar-refractivity contribution < 1.29 is 9.13 Å². The fourth-order valence-corrected chi connectivity index (χ4v) is 4.98. The third-order valence-electron chi connectivity index (χ3n) is 5.63. The molecular weight excluding hydrogens is 385 g/mol. The Balaban J connectivity index is 2.05. The van der Waals surface area contributed by atoms with Gasteiger partial charge in [0.05, 0.1) is 12.6 Å². The molecule has 0 spiro atoms. The summed E-state index contributed by atoms with van der Waals surface area (Å²) in [5.41, 5.74) is 3.87. The number of aromatic amines is 1. The third kappa shape index (κ3) is 3.23. The number of aromatic nitrogens is 1. The fourth-order valence-electron chi connectivity index (χ4n) is 4.19. The number of pyridine rings is 1. The van der Waals surface area contributed by atoms with Crippen LogP contribution in [0.4, 0.5) is 4.39 Å². The number of rotatable bonds is 5. The first kappa shape index (κ1) is 19.6. The molecule has 4 aromatic rings. The smallest absolute Gasteiger partial charge is 0.266 e. The molecular formula is C24H24FNO2S. The van der Waals surface area contributed by atoms with E-state index in [-0.39, 0.29) is 17.3 Å². The SMILES string of the molecule is CCCC(C)c1ccc(-c2c(OC)cc(C)c3[nH]c(=O)c4sccc4c23)cc1F. The zero-order chi connectivity index (χ0) is 20.7. The first-order valence-corrected chi connectivity index (χ1v) is 10.7. The summed E-state index contributed by atoms with van der Waals surface area (Å²) in [5.74, 6) is 0.638. The molecule has 0 radical (unpaired) electrons. The molecule has 0 fully saturated rings. The molecule has 1 N–H and O–H groups in total. The van der Waals surface area contributed by atoms with Gasteiger partial charge in [0.2, 0.25) is 0 Å². The molecule has 0 aliphatic carbocycles. The van der Waals surface area contributed by atoms with E-state index in [2.05, 4.69) is 18.8 Å². The van der Waals surface area contributed by atoms with Crippen LogP contribution in [-0.2, 0) is 0 Å². The number of hydrogen-bond acceptors (Lipinski definition) is 3. The van der Waals surface area contributed by atoms with Gasteiger partial charge in [0.1, 0.15) is 16.3 Å². The average molecular weight is 410 g/mol. The van der Waals surface area contributed by atoms with Gasteiger partial charge in [-0.05, 0) is 59.5 Å². The van der Waals surface area contributed by atoms with Crippen molar-refractivity contribution in [2.75, 3.05) is 7.11 Å². The molecule has 150 valence electrons. The van der Waals surface area contributed by atoms with Gasteiger partial charge < -0.3 is 9.72 Å². The van der Waals surface area contributed by atoms with Gasteiger partial charge >= 0.3 is 0 Å². The second-order valence-electron chi connectivity index (χ2n) is 7.56. The normalized spacial score (nSPS) is 12.6. The van der Waals surface area contributed by atoms with Crippen LogP contribution >= 0.6 is 11.3 Å². The summed E-state index contributed by atoms with van der Waals surface area (Å²) in [6.45, 7) is 6.11. The summed E-state index contributed by atoms with van der Waals surface area (Å²) in [7, 11) is 1.62. The van der Waals surface area contributed by atoms with Crippen molar-refractivity contribution in [3.05, 3.63) is 63.0 Å². The van der Waals surface area contributed by atoms with Crippen LogP contribution in [0.15, 0.2) is 40.5 Å². The van der Waals surface area contributed by atoms with Crippen LogP contribution in [0.5, 0.6) is 5.75 Å². The van der Waals surface area contributed by atoms with Crippen LogP contribution in [0.1, 0.15) is 43.7 Å². The summed E-state index contributed by atoms with van der Waals surface area (Å²) >= 11 is 1.41. The Bertz CT molecular complexity index is 1270. The molecule has 0 amide bonds. The number of methoxy groups -OCH3 is 1. The van der Waals surface area contributed by atoms with Gasteiger partial charge in [-0.2, -0.15) is 0 Å². The van der Waals surface area contributed by atoms with E-state index in [9.17, 15) is 4.79 Å². The van der Waals surface area contributed by atoms with E-state index in [1.807, 2.05) is 36.6 Å². The van der Waals surface area contributed by atoms with Crippen LogP contribution in [0.2, 0.25) is 0 Å². The van der Waals surface area contributed by atoms with Crippen molar-refractivity contribution in [2.24, 2.45) is 0 Å². The predicted molar refractivity (Wildman–Crippen MR) is 120 cm³/mol. The number of ether oxygens (including phenoxy) is 1. The van der Waals surface area contributed by atoms with Gasteiger partial charge in [-0.25, -0.2) is 4.39 Å². The largest absolute Gasteiger partial charge is 0.496 e. The highest BCUT2D eigenvalue weighted by molar-refractivity contribution is 7.17. The monoisotopic (exact) mass is 409 g/mol. The highest BCUT2D eigenvalue weighted by Gasteiger charge is 2.20. The minimum absolute atomic E-state index is 0.100. The second kappa shape index (κ2) is 7.64. The molecule has 5 heteroatoms. The van der Waals surface area contributed by atoms with Gasteiger partial charge in [0, 0.05) is 16.3 Å². The highest BCUT2D eigenvalue weighted by Crippen LogP contribution is 2.42. The summed E-state index contributed by atoms with van der Waals surface area (Å²) in [6.07, 6.45) is 1.96. The maximum absolute atomic E-state index is 15.0. The van der Waals surface area contributed by atoms with Crippen molar-refractivity contribution in [1.29, 1.82) is 0 Å². The zero-order valence-electron chi connectivity index (χ0n) is 17.1. The Hall–Kier alpha value is -2.66. The molecule has 0 aliphatic rings. The first-order chi connectivity index (χ1) is 14.0. The molecule has 3 nitrogen and oxygen atoms in total. The molecule has 0 saturated heterocycles. The quantitative estimate of drug-likeness (QED) is 0.395. The van der Waals surface area contributed by atoms with Crippen LogP contribution in [0.3, 0.4) is 0 Å². The van der Waals surface area contributed by atoms with E-state index in [1.54, 1.807) is 13.2 Å². The highest BCUT2D eigenvalue weighted by atomic mass is 32.1. The van der Waals surface area contributed by atoms with Gasteiger partial charge in [-0.3, -0.25) is 4.79 Å². The summed E-state index contributed by atoms with van der Waals surface area (Å²) < 4.78 is 21.4. The lowest BCUT2D eigenvalue weighted by molar-refractivity contribution is 0.416. The molecule has 29 heavy (non-hydrogen) atoms. The van der Waals surface area contributed by atoms with Crippen molar-refractivity contribution >= 4 is 32.3 Å². The maximum Gasteiger partial charge on any atom is 0.266 e. The number of halogens is 1. The predicted octanol–water partition coefficient (Wildman–Crippen LogP) is 6.77. The topological polar surface area (TPSA) is 42.1 Å². The number of hydrogen-bond donors (Lipinski definition) is 1. The molecule has 1 unspecified atom stereocenters.